The van der Waals surface area contributed by atoms with Crippen molar-refractivity contribution in [1.82, 2.24) is 9.97 Å². The predicted octanol–water partition coefficient (Wildman–Crippen LogP) is 3.01. The van der Waals surface area contributed by atoms with Crippen LogP contribution in [0.4, 0.5) is 5.82 Å². The molecule has 3 N–H and O–H groups in total. The fourth-order valence-corrected chi connectivity index (χ4v) is 1.71. The molecule has 0 radical (unpaired) electrons. The maximum atomic E-state index is 5.32. The summed E-state index contributed by atoms with van der Waals surface area (Å²) in [7, 11) is 0. The summed E-state index contributed by atoms with van der Waals surface area (Å²) in [5.41, 5.74) is 4.97. The fourth-order valence-electron chi connectivity index (χ4n) is 1.26. The maximum Gasteiger partial charge on any atom is 0.162 e. The number of benzene rings is 1. The molecule has 2 rings (SSSR count). The molecular weight excluding hydrogens is 268 g/mol. The smallest absolute Gasteiger partial charge is 0.162 e. The normalized spacial score (nSPS) is 9.56. The monoisotopic (exact) mass is 282 g/mol. The van der Waals surface area contributed by atoms with E-state index in [1.165, 1.54) is 0 Å². The molecule has 0 aliphatic carbocycles. The van der Waals surface area contributed by atoms with Crippen molar-refractivity contribution in [2.75, 3.05) is 5.43 Å². The molecule has 16 heavy (non-hydrogen) atoms. The lowest BCUT2D eigenvalue weighted by molar-refractivity contribution is 1.14. The van der Waals surface area contributed by atoms with E-state index >= 15 is 0 Å². The summed E-state index contributed by atoms with van der Waals surface area (Å²) in [5, 5.41) is 0. The summed E-state index contributed by atoms with van der Waals surface area (Å²) < 4.78 is 0.939. The first kappa shape index (κ1) is 12.9. The van der Waals surface area contributed by atoms with E-state index in [2.05, 4.69) is 31.3 Å². The molecular formula is C11H15BrN4. The lowest BCUT2D eigenvalue weighted by Crippen LogP contribution is -2.11. The van der Waals surface area contributed by atoms with Gasteiger partial charge in [0.2, 0.25) is 0 Å². The Balaban J connectivity index is 0.000000606. The van der Waals surface area contributed by atoms with Crippen molar-refractivity contribution in [3.05, 3.63) is 28.4 Å². The predicted molar refractivity (Wildman–Crippen MR) is 71.1 cm³/mol. The van der Waals surface area contributed by atoms with Crippen LogP contribution in [0, 0.1) is 6.92 Å². The minimum Gasteiger partial charge on any atom is -0.307 e. The Labute approximate surface area is 103 Å². The summed E-state index contributed by atoms with van der Waals surface area (Å²) >= 11 is 3.42. The molecule has 0 aliphatic heterocycles. The average molecular weight is 283 g/mol. The van der Waals surface area contributed by atoms with Crippen molar-refractivity contribution < 1.29 is 0 Å². The molecule has 0 saturated heterocycles. The molecule has 86 valence electrons. The largest absolute Gasteiger partial charge is 0.307 e. The Morgan fingerprint density at radius 1 is 1.25 bits per heavy atom. The van der Waals surface area contributed by atoms with E-state index in [1.807, 2.05) is 39.0 Å². The van der Waals surface area contributed by atoms with Crippen molar-refractivity contribution in [3.63, 3.8) is 0 Å². The highest BCUT2D eigenvalue weighted by molar-refractivity contribution is 9.10. The van der Waals surface area contributed by atoms with Gasteiger partial charge >= 0.3 is 0 Å². The van der Waals surface area contributed by atoms with E-state index in [4.69, 9.17) is 5.84 Å². The second-order valence-corrected chi connectivity index (χ2v) is 3.76. The number of hydrazine groups is 1. The first-order valence-electron chi connectivity index (χ1n) is 5.12. The molecule has 0 saturated carbocycles. The van der Waals surface area contributed by atoms with Gasteiger partial charge in [-0.1, -0.05) is 19.9 Å². The van der Waals surface area contributed by atoms with Gasteiger partial charge in [-0.05, 0) is 35.0 Å². The minimum atomic E-state index is 0.607. The van der Waals surface area contributed by atoms with Gasteiger partial charge in [0.05, 0.1) is 11.2 Å². The summed E-state index contributed by atoms with van der Waals surface area (Å²) in [6, 6.07) is 5.75. The zero-order chi connectivity index (χ0) is 12.1. The summed E-state index contributed by atoms with van der Waals surface area (Å²) in [6.45, 7) is 5.86. The van der Waals surface area contributed by atoms with Gasteiger partial charge in [-0.25, -0.2) is 15.8 Å². The number of anilines is 1. The molecule has 0 atom stereocenters. The lowest BCUT2D eigenvalue weighted by Gasteiger charge is -2.05. The number of nitrogens with zero attached hydrogens (tertiary/aromatic N) is 2. The summed E-state index contributed by atoms with van der Waals surface area (Å²) in [6.07, 6.45) is 0. The van der Waals surface area contributed by atoms with Crippen LogP contribution in [-0.4, -0.2) is 9.97 Å². The van der Waals surface area contributed by atoms with Gasteiger partial charge in [0, 0.05) is 4.47 Å². The van der Waals surface area contributed by atoms with Crippen molar-refractivity contribution in [1.29, 1.82) is 0 Å². The van der Waals surface area contributed by atoms with Gasteiger partial charge in [-0.2, -0.15) is 0 Å². The van der Waals surface area contributed by atoms with E-state index in [1.54, 1.807) is 0 Å². The Kier molecular flexibility index (Phi) is 4.64. The molecule has 0 spiro atoms. The van der Waals surface area contributed by atoms with Gasteiger partial charge in [-0.3, -0.25) is 0 Å². The number of nitrogen functional groups attached to an aromatic ring is 1. The molecule has 1 heterocycles. The number of nitrogens with two attached hydrogens (primary N) is 1. The van der Waals surface area contributed by atoms with Gasteiger partial charge in [-0.15, -0.1) is 0 Å². The lowest BCUT2D eigenvalue weighted by atomic mass is 10.3. The van der Waals surface area contributed by atoms with Gasteiger partial charge in [0.15, 0.2) is 5.82 Å². The number of para-hydroxylation sites is 1. The van der Waals surface area contributed by atoms with E-state index < -0.39 is 0 Å². The van der Waals surface area contributed by atoms with Crippen LogP contribution in [0.2, 0.25) is 0 Å². The van der Waals surface area contributed by atoms with Gasteiger partial charge in [0.25, 0.3) is 0 Å². The standard InChI is InChI=1S/C9H9BrN4.C2H6/c1-5-9(14-11)13-7-4-2-3-6(10)8(7)12-5;1-2/h2-4H,11H2,1H3,(H,13,14);1-2H3. The van der Waals surface area contributed by atoms with E-state index in [0.717, 1.165) is 21.2 Å². The van der Waals surface area contributed by atoms with Crippen molar-refractivity contribution in [2.45, 2.75) is 20.8 Å². The zero-order valence-electron chi connectivity index (χ0n) is 9.58. The number of hydrogen-bond acceptors (Lipinski definition) is 4. The highest BCUT2D eigenvalue weighted by Gasteiger charge is 2.05. The first-order valence-corrected chi connectivity index (χ1v) is 5.91. The summed E-state index contributed by atoms with van der Waals surface area (Å²) in [4.78, 5) is 8.72. The number of nitrogens with one attached hydrogen (secondary N) is 1. The van der Waals surface area contributed by atoms with Crippen LogP contribution in [0.5, 0.6) is 0 Å². The number of halogens is 1. The Morgan fingerprint density at radius 2 is 1.94 bits per heavy atom. The number of fused-ring (bicyclic) bond motifs is 1. The van der Waals surface area contributed by atoms with E-state index in [9.17, 15) is 0 Å². The van der Waals surface area contributed by atoms with Crippen LogP contribution < -0.4 is 11.3 Å². The minimum absolute atomic E-state index is 0.607. The van der Waals surface area contributed by atoms with Crippen LogP contribution in [0.15, 0.2) is 22.7 Å². The molecule has 1 aromatic heterocycles. The second kappa shape index (κ2) is 5.77. The zero-order valence-corrected chi connectivity index (χ0v) is 11.2. The molecule has 0 amide bonds. The highest BCUT2D eigenvalue weighted by atomic mass is 79.9. The SMILES string of the molecule is CC.Cc1nc2c(Br)cccc2nc1NN. The van der Waals surface area contributed by atoms with Crippen LogP contribution in [0.1, 0.15) is 19.5 Å². The van der Waals surface area contributed by atoms with Crippen molar-refractivity contribution >= 4 is 32.8 Å². The number of aromatic nitrogens is 2. The van der Waals surface area contributed by atoms with Gasteiger partial charge < -0.3 is 5.43 Å². The highest BCUT2D eigenvalue weighted by Crippen LogP contribution is 2.22. The number of rotatable bonds is 1. The summed E-state index contributed by atoms with van der Waals surface area (Å²) in [5.74, 6) is 5.92. The third-order valence-electron chi connectivity index (χ3n) is 1.96. The molecule has 0 fully saturated rings. The topological polar surface area (TPSA) is 63.8 Å². The molecule has 0 bridgehead atoms. The Bertz CT molecular complexity index is 485. The maximum absolute atomic E-state index is 5.32. The first-order chi connectivity index (χ1) is 7.72. The second-order valence-electron chi connectivity index (χ2n) is 2.91. The molecule has 4 nitrogen and oxygen atoms in total. The third kappa shape index (κ3) is 2.48. The van der Waals surface area contributed by atoms with Crippen LogP contribution in [0.3, 0.4) is 0 Å². The van der Waals surface area contributed by atoms with Crippen LogP contribution in [0.25, 0.3) is 11.0 Å². The Morgan fingerprint density at radius 3 is 2.56 bits per heavy atom. The number of hydrogen-bond donors (Lipinski definition) is 2. The van der Waals surface area contributed by atoms with Gasteiger partial charge in [0.1, 0.15) is 5.52 Å². The molecule has 2 aromatic rings. The molecule has 5 heteroatoms. The quantitative estimate of drug-likeness (QED) is 0.623. The van der Waals surface area contributed by atoms with Crippen LogP contribution in [-0.2, 0) is 0 Å². The van der Waals surface area contributed by atoms with E-state index in [0.29, 0.717) is 5.82 Å². The average Bonchev–Trinajstić information content (AvgIpc) is 2.32. The molecule has 0 aliphatic rings. The third-order valence-corrected chi connectivity index (χ3v) is 2.60. The van der Waals surface area contributed by atoms with Crippen LogP contribution >= 0.6 is 15.9 Å². The molecule has 0 unspecified atom stereocenters. The molecule has 1 aromatic carbocycles. The number of aryl methyl sites for hydroxylation is 1. The van der Waals surface area contributed by atoms with Crippen molar-refractivity contribution in [2.24, 2.45) is 5.84 Å². The van der Waals surface area contributed by atoms with E-state index in [-0.39, 0.29) is 0 Å². The Hall–Kier alpha value is -1.20. The fraction of sp³-hybridized carbons (Fsp3) is 0.273. The van der Waals surface area contributed by atoms with Crippen molar-refractivity contribution in [3.8, 4) is 0 Å².